The Morgan fingerprint density at radius 1 is 1.05 bits per heavy atom. The van der Waals surface area contributed by atoms with Gasteiger partial charge in [-0.15, -0.1) is 0 Å². The maximum Gasteiger partial charge on any atom is 0.226 e. The lowest BCUT2D eigenvalue weighted by Crippen LogP contribution is -2.46. The molecule has 2 aliphatic rings. The molecule has 0 unspecified atom stereocenters. The number of hydrogen-bond donors (Lipinski definition) is 0. The number of amides is 1. The molecule has 0 aromatic heterocycles. The van der Waals surface area contributed by atoms with E-state index in [1.165, 1.54) is 24.8 Å². The van der Waals surface area contributed by atoms with Crippen molar-refractivity contribution in [2.24, 2.45) is 5.92 Å². The number of nitrogens with zero attached hydrogens (tertiary/aromatic N) is 2. The van der Waals surface area contributed by atoms with Crippen molar-refractivity contribution < 1.29 is 4.79 Å². The molecule has 0 radical (unpaired) electrons. The molecule has 3 nitrogen and oxygen atoms in total. The van der Waals surface area contributed by atoms with Crippen molar-refractivity contribution in [2.45, 2.75) is 38.6 Å². The van der Waals surface area contributed by atoms with E-state index in [0.29, 0.717) is 5.91 Å². The van der Waals surface area contributed by atoms with Gasteiger partial charge in [-0.05, 0) is 56.3 Å². The second-order valence-electron chi connectivity index (χ2n) is 6.59. The Bertz CT molecular complexity index is 496. The number of piperidine rings is 2. The number of rotatable bonds is 3. The van der Waals surface area contributed by atoms with Crippen molar-refractivity contribution in [3.8, 4) is 0 Å². The topological polar surface area (TPSA) is 23.6 Å². The van der Waals surface area contributed by atoms with Crippen LogP contribution in [0.15, 0.2) is 28.7 Å². The summed E-state index contributed by atoms with van der Waals surface area (Å²) < 4.78 is 1.12. The molecule has 0 aliphatic carbocycles. The zero-order valence-electron chi connectivity index (χ0n) is 13.1. The van der Waals surface area contributed by atoms with Gasteiger partial charge in [-0.2, -0.15) is 0 Å². The molecule has 22 heavy (non-hydrogen) atoms. The van der Waals surface area contributed by atoms with Crippen LogP contribution >= 0.6 is 15.9 Å². The number of hydrogen-bond acceptors (Lipinski definition) is 2. The number of carbonyl (C=O) groups excluding carboxylic acids is 1. The fourth-order valence-electron chi connectivity index (χ4n) is 3.62. The number of benzene rings is 1. The molecule has 0 spiro atoms. The first-order valence-electron chi connectivity index (χ1n) is 8.48. The van der Waals surface area contributed by atoms with Crippen LogP contribution in [0.3, 0.4) is 0 Å². The van der Waals surface area contributed by atoms with E-state index in [9.17, 15) is 4.79 Å². The van der Waals surface area contributed by atoms with Crippen LogP contribution in [0.25, 0.3) is 0 Å². The van der Waals surface area contributed by atoms with Gasteiger partial charge in [0, 0.05) is 30.7 Å². The van der Waals surface area contributed by atoms with Gasteiger partial charge in [0.1, 0.15) is 0 Å². The van der Waals surface area contributed by atoms with Gasteiger partial charge in [0.25, 0.3) is 0 Å². The summed E-state index contributed by atoms with van der Waals surface area (Å²) in [6.45, 7) is 4.94. The molecular weight excluding hydrogens is 340 g/mol. The van der Waals surface area contributed by atoms with Crippen molar-refractivity contribution in [1.82, 2.24) is 9.80 Å². The molecule has 2 fully saturated rings. The van der Waals surface area contributed by atoms with Crippen LogP contribution in [0, 0.1) is 5.92 Å². The average molecular weight is 365 g/mol. The Morgan fingerprint density at radius 3 is 2.50 bits per heavy atom. The zero-order chi connectivity index (χ0) is 15.4. The highest BCUT2D eigenvalue weighted by Gasteiger charge is 2.29. The Balaban J connectivity index is 1.56. The second-order valence-corrected chi connectivity index (χ2v) is 7.50. The first-order chi connectivity index (χ1) is 10.7. The summed E-state index contributed by atoms with van der Waals surface area (Å²) in [6.07, 6.45) is 5.85. The van der Waals surface area contributed by atoms with Gasteiger partial charge in [0.2, 0.25) is 5.91 Å². The highest BCUT2D eigenvalue weighted by Crippen LogP contribution is 2.23. The van der Waals surface area contributed by atoms with Crippen LogP contribution in [0.1, 0.15) is 37.7 Å². The van der Waals surface area contributed by atoms with Crippen molar-refractivity contribution in [3.63, 3.8) is 0 Å². The Labute approximate surface area is 141 Å². The summed E-state index contributed by atoms with van der Waals surface area (Å²) in [5.74, 6) is 0.613. The van der Waals surface area contributed by atoms with Gasteiger partial charge in [0.15, 0.2) is 0 Å². The lowest BCUT2D eigenvalue weighted by molar-refractivity contribution is -0.138. The van der Waals surface area contributed by atoms with Gasteiger partial charge in [-0.25, -0.2) is 0 Å². The molecule has 2 aliphatic heterocycles. The smallest absolute Gasteiger partial charge is 0.226 e. The molecule has 120 valence electrons. The molecule has 0 saturated carbocycles. The van der Waals surface area contributed by atoms with Crippen molar-refractivity contribution >= 4 is 21.8 Å². The lowest BCUT2D eigenvalue weighted by Gasteiger charge is -2.36. The quantitative estimate of drug-likeness (QED) is 0.816. The van der Waals surface area contributed by atoms with Crippen LogP contribution in [0.5, 0.6) is 0 Å². The fraction of sp³-hybridized carbons (Fsp3) is 0.611. The largest absolute Gasteiger partial charge is 0.342 e. The normalized spacial score (nSPS) is 23.5. The van der Waals surface area contributed by atoms with Crippen LogP contribution < -0.4 is 0 Å². The third-order valence-corrected chi connectivity index (χ3v) is 5.37. The maximum atomic E-state index is 12.7. The highest BCUT2D eigenvalue weighted by molar-refractivity contribution is 9.10. The summed E-state index contributed by atoms with van der Waals surface area (Å²) in [4.78, 5) is 17.2. The third-order valence-electron chi connectivity index (χ3n) is 4.84. The Morgan fingerprint density at radius 2 is 1.77 bits per heavy atom. The predicted molar refractivity (Wildman–Crippen MR) is 92.6 cm³/mol. The minimum atomic E-state index is 0.210. The summed E-state index contributed by atoms with van der Waals surface area (Å²) in [6, 6.07) is 8.52. The van der Waals surface area contributed by atoms with Gasteiger partial charge in [0.05, 0.1) is 5.92 Å². The first-order valence-corrected chi connectivity index (χ1v) is 9.27. The number of halogens is 1. The maximum absolute atomic E-state index is 12.7. The molecule has 1 aromatic rings. The van der Waals surface area contributed by atoms with Crippen LogP contribution in [-0.2, 0) is 11.3 Å². The average Bonchev–Trinajstić information content (AvgIpc) is 2.57. The summed E-state index contributed by atoms with van der Waals surface area (Å²) in [5.41, 5.74) is 1.33. The predicted octanol–water partition coefficient (Wildman–Crippen LogP) is 3.67. The lowest BCUT2D eigenvalue weighted by atomic mass is 9.95. The Hall–Kier alpha value is -0.870. The molecule has 2 heterocycles. The minimum absolute atomic E-state index is 0.210. The van der Waals surface area contributed by atoms with E-state index in [1.54, 1.807) is 0 Å². The monoisotopic (exact) mass is 364 g/mol. The van der Waals surface area contributed by atoms with Crippen LogP contribution in [-0.4, -0.2) is 41.9 Å². The van der Waals surface area contributed by atoms with Crippen LogP contribution in [0.2, 0.25) is 0 Å². The molecule has 1 amide bonds. The summed E-state index contributed by atoms with van der Waals surface area (Å²) >= 11 is 3.48. The molecule has 4 heteroatoms. The van der Waals surface area contributed by atoms with Gasteiger partial charge in [-0.1, -0.05) is 28.1 Å². The summed E-state index contributed by atoms with van der Waals surface area (Å²) in [5, 5.41) is 0. The molecule has 1 aromatic carbocycles. The third kappa shape index (κ3) is 4.11. The number of likely N-dealkylation sites (tertiary alicyclic amines) is 2. The van der Waals surface area contributed by atoms with Crippen molar-refractivity contribution in [2.75, 3.05) is 26.2 Å². The van der Waals surface area contributed by atoms with E-state index in [4.69, 9.17) is 0 Å². The molecule has 2 saturated heterocycles. The molecular formula is C18H25BrN2O. The highest BCUT2D eigenvalue weighted by atomic mass is 79.9. The SMILES string of the molecule is O=C([C@H]1CCCN(Cc2ccc(Br)cc2)C1)N1CCCCC1. The molecule has 1 atom stereocenters. The zero-order valence-corrected chi connectivity index (χ0v) is 14.7. The van der Waals surface area contributed by atoms with Crippen LogP contribution in [0.4, 0.5) is 0 Å². The second kappa shape index (κ2) is 7.60. The van der Waals surface area contributed by atoms with E-state index < -0.39 is 0 Å². The molecule has 3 rings (SSSR count). The van der Waals surface area contributed by atoms with E-state index in [-0.39, 0.29) is 5.92 Å². The first kappa shape index (κ1) is 16.0. The molecule has 0 bridgehead atoms. The van der Waals surface area contributed by atoms with Crippen molar-refractivity contribution in [3.05, 3.63) is 34.3 Å². The van der Waals surface area contributed by atoms with E-state index in [1.807, 2.05) is 0 Å². The minimum Gasteiger partial charge on any atom is -0.342 e. The van der Waals surface area contributed by atoms with E-state index in [2.05, 4.69) is 50.0 Å². The van der Waals surface area contributed by atoms with Gasteiger partial charge in [-0.3, -0.25) is 9.69 Å². The van der Waals surface area contributed by atoms with E-state index in [0.717, 1.165) is 50.0 Å². The van der Waals surface area contributed by atoms with Gasteiger partial charge >= 0.3 is 0 Å². The standard InChI is InChI=1S/C18H25BrN2O/c19-17-8-6-15(7-9-17)13-20-10-4-5-16(14-20)18(22)21-11-2-1-3-12-21/h6-9,16H,1-5,10-14H2/t16-/m0/s1. The van der Waals surface area contributed by atoms with Gasteiger partial charge < -0.3 is 4.90 Å². The molecule has 0 N–H and O–H groups in total. The fourth-order valence-corrected chi connectivity index (χ4v) is 3.89. The van der Waals surface area contributed by atoms with Crippen molar-refractivity contribution in [1.29, 1.82) is 0 Å². The van der Waals surface area contributed by atoms with E-state index >= 15 is 0 Å². The number of carbonyl (C=O) groups is 1. The summed E-state index contributed by atoms with van der Waals surface area (Å²) in [7, 11) is 0. The Kier molecular flexibility index (Phi) is 5.53.